The van der Waals surface area contributed by atoms with Crippen LogP contribution in [0.25, 0.3) is 10.9 Å². The van der Waals surface area contributed by atoms with E-state index in [9.17, 15) is 9.59 Å². The van der Waals surface area contributed by atoms with E-state index in [4.69, 9.17) is 4.74 Å². The molecule has 1 aromatic heterocycles. The van der Waals surface area contributed by atoms with Crippen LogP contribution in [0.1, 0.15) is 48.1 Å². The Kier molecular flexibility index (Phi) is 5.09. The Morgan fingerprint density at radius 1 is 1.17 bits per heavy atom. The monoisotopic (exact) mass is 391 g/mol. The molecular weight excluding hydrogens is 366 g/mol. The molecule has 4 rings (SSSR count). The topological polar surface area (TPSA) is 73.2 Å². The standard InChI is InChI=1S/C23H25N3O3/c1-14(2)21(15-6-9-17(29-3)10-7-15)25-22(27)16-8-11-18-19(13-16)24-20-5-4-12-26(20)23(18)28/h6-11,13-14,21H,4-5,12H2,1-3H3,(H,25,27). The first kappa shape index (κ1) is 19.2. The molecule has 3 aromatic rings. The van der Waals surface area contributed by atoms with E-state index in [-0.39, 0.29) is 23.4 Å². The number of nitrogens with one attached hydrogen (secondary N) is 1. The highest BCUT2D eigenvalue weighted by Crippen LogP contribution is 2.25. The Hall–Kier alpha value is -3.15. The molecule has 29 heavy (non-hydrogen) atoms. The summed E-state index contributed by atoms with van der Waals surface area (Å²) in [4.78, 5) is 30.2. The van der Waals surface area contributed by atoms with Crippen LogP contribution in [0.15, 0.2) is 47.3 Å². The van der Waals surface area contributed by atoms with Crippen molar-refractivity contribution < 1.29 is 9.53 Å². The first-order valence-electron chi connectivity index (χ1n) is 9.96. The SMILES string of the molecule is COc1ccc(C(NC(=O)c2ccc3c(=O)n4c(nc3c2)CCC4)C(C)C)cc1. The molecule has 0 spiro atoms. The number of amides is 1. The quantitative estimate of drug-likeness (QED) is 0.723. The van der Waals surface area contributed by atoms with Crippen molar-refractivity contribution in [2.75, 3.05) is 7.11 Å². The van der Waals surface area contributed by atoms with Gasteiger partial charge in [0.25, 0.3) is 11.5 Å². The van der Waals surface area contributed by atoms with E-state index in [0.717, 1.165) is 36.5 Å². The Morgan fingerprint density at radius 3 is 2.62 bits per heavy atom. The zero-order valence-corrected chi connectivity index (χ0v) is 16.9. The summed E-state index contributed by atoms with van der Waals surface area (Å²) in [7, 11) is 1.63. The summed E-state index contributed by atoms with van der Waals surface area (Å²) in [6.45, 7) is 4.86. The summed E-state index contributed by atoms with van der Waals surface area (Å²) in [6.07, 6.45) is 1.73. The fourth-order valence-corrected chi connectivity index (χ4v) is 3.90. The first-order valence-corrected chi connectivity index (χ1v) is 9.96. The molecule has 0 fully saturated rings. The summed E-state index contributed by atoms with van der Waals surface area (Å²) in [5.41, 5.74) is 2.09. The lowest BCUT2D eigenvalue weighted by molar-refractivity contribution is 0.0925. The average molecular weight is 391 g/mol. The van der Waals surface area contributed by atoms with Crippen LogP contribution in [-0.2, 0) is 13.0 Å². The number of aryl methyl sites for hydroxylation is 1. The van der Waals surface area contributed by atoms with Crippen LogP contribution in [0.4, 0.5) is 0 Å². The van der Waals surface area contributed by atoms with Crippen molar-refractivity contribution in [3.63, 3.8) is 0 Å². The molecule has 0 radical (unpaired) electrons. The van der Waals surface area contributed by atoms with Gasteiger partial charge in [0.2, 0.25) is 0 Å². The zero-order valence-electron chi connectivity index (χ0n) is 16.9. The van der Waals surface area contributed by atoms with Crippen molar-refractivity contribution in [3.8, 4) is 5.75 Å². The summed E-state index contributed by atoms with van der Waals surface area (Å²) < 4.78 is 6.96. The number of hydrogen-bond acceptors (Lipinski definition) is 4. The number of carbonyl (C=O) groups excluding carboxylic acids is 1. The van der Waals surface area contributed by atoms with Crippen LogP contribution in [-0.4, -0.2) is 22.6 Å². The van der Waals surface area contributed by atoms with E-state index in [0.29, 0.717) is 16.5 Å². The number of rotatable bonds is 5. The molecule has 0 saturated carbocycles. The van der Waals surface area contributed by atoms with Gasteiger partial charge in [0.1, 0.15) is 11.6 Å². The van der Waals surface area contributed by atoms with Gasteiger partial charge < -0.3 is 10.1 Å². The summed E-state index contributed by atoms with van der Waals surface area (Å²) in [5.74, 6) is 1.61. The first-order chi connectivity index (χ1) is 14.0. The molecule has 0 aliphatic carbocycles. The van der Waals surface area contributed by atoms with Gasteiger partial charge in [-0.2, -0.15) is 0 Å². The molecule has 1 N–H and O–H groups in total. The molecule has 2 heterocycles. The van der Waals surface area contributed by atoms with Gasteiger partial charge in [-0.05, 0) is 48.2 Å². The second-order valence-corrected chi connectivity index (χ2v) is 7.79. The smallest absolute Gasteiger partial charge is 0.261 e. The number of ether oxygens (including phenoxy) is 1. The Bertz CT molecular complexity index is 1120. The van der Waals surface area contributed by atoms with Crippen molar-refractivity contribution in [1.82, 2.24) is 14.9 Å². The Balaban J connectivity index is 1.63. The maximum atomic E-state index is 13.0. The van der Waals surface area contributed by atoms with Gasteiger partial charge >= 0.3 is 0 Å². The minimum Gasteiger partial charge on any atom is -0.497 e. The molecule has 1 atom stereocenters. The molecule has 1 amide bonds. The van der Waals surface area contributed by atoms with Crippen molar-refractivity contribution in [1.29, 1.82) is 0 Å². The van der Waals surface area contributed by atoms with E-state index in [1.807, 2.05) is 24.3 Å². The Morgan fingerprint density at radius 2 is 1.93 bits per heavy atom. The number of hydrogen-bond donors (Lipinski definition) is 1. The molecule has 0 saturated heterocycles. The number of methoxy groups -OCH3 is 1. The molecule has 2 aromatic carbocycles. The highest BCUT2D eigenvalue weighted by atomic mass is 16.5. The van der Waals surface area contributed by atoms with Gasteiger partial charge in [-0.25, -0.2) is 4.98 Å². The predicted octanol–water partition coefficient (Wildman–Crippen LogP) is 3.48. The fourth-order valence-electron chi connectivity index (χ4n) is 3.90. The number of aromatic nitrogens is 2. The van der Waals surface area contributed by atoms with Crippen LogP contribution in [0.5, 0.6) is 5.75 Å². The third-order valence-corrected chi connectivity index (χ3v) is 5.51. The lowest BCUT2D eigenvalue weighted by Crippen LogP contribution is -2.31. The van der Waals surface area contributed by atoms with Gasteiger partial charge in [-0.15, -0.1) is 0 Å². The van der Waals surface area contributed by atoms with E-state index < -0.39 is 0 Å². The second-order valence-electron chi connectivity index (χ2n) is 7.79. The Labute approximate surface area is 169 Å². The fraction of sp³-hybridized carbons (Fsp3) is 0.348. The molecule has 6 heteroatoms. The number of carbonyl (C=O) groups is 1. The average Bonchev–Trinajstić information content (AvgIpc) is 3.20. The molecule has 0 bridgehead atoms. The molecule has 6 nitrogen and oxygen atoms in total. The summed E-state index contributed by atoms with van der Waals surface area (Å²) in [6, 6.07) is 12.7. The normalized spacial score (nSPS) is 14.1. The zero-order chi connectivity index (χ0) is 20.5. The molecule has 1 unspecified atom stereocenters. The van der Waals surface area contributed by atoms with Crippen LogP contribution >= 0.6 is 0 Å². The third kappa shape index (κ3) is 3.62. The van der Waals surface area contributed by atoms with Crippen molar-refractivity contribution in [2.45, 2.75) is 39.3 Å². The van der Waals surface area contributed by atoms with Gasteiger partial charge in [-0.1, -0.05) is 26.0 Å². The van der Waals surface area contributed by atoms with Gasteiger partial charge in [-0.3, -0.25) is 14.2 Å². The second kappa shape index (κ2) is 7.70. The van der Waals surface area contributed by atoms with E-state index >= 15 is 0 Å². The largest absolute Gasteiger partial charge is 0.497 e. The number of benzene rings is 2. The summed E-state index contributed by atoms with van der Waals surface area (Å²) >= 11 is 0. The summed E-state index contributed by atoms with van der Waals surface area (Å²) in [5, 5.41) is 3.69. The predicted molar refractivity (Wildman–Crippen MR) is 112 cm³/mol. The van der Waals surface area contributed by atoms with Crippen molar-refractivity contribution >= 4 is 16.8 Å². The number of nitrogens with zero attached hydrogens (tertiary/aromatic N) is 2. The molecule has 150 valence electrons. The van der Waals surface area contributed by atoms with Gasteiger partial charge in [0.15, 0.2) is 0 Å². The molecule has 1 aliphatic heterocycles. The minimum atomic E-state index is -0.177. The van der Waals surface area contributed by atoms with Crippen molar-refractivity contribution in [2.24, 2.45) is 5.92 Å². The number of fused-ring (bicyclic) bond motifs is 2. The molecular formula is C23H25N3O3. The minimum absolute atomic E-state index is 0.0206. The van der Waals surface area contributed by atoms with Crippen molar-refractivity contribution in [3.05, 3.63) is 69.8 Å². The van der Waals surface area contributed by atoms with Crippen LogP contribution in [0, 0.1) is 5.92 Å². The highest BCUT2D eigenvalue weighted by molar-refractivity contribution is 5.97. The highest BCUT2D eigenvalue weighted by Gasteiger charge is 2.21. The van der Waals surface area contributed by atoms with E-state index in [1.165, 1.54) is 0 Å². The van der Waals surface area contributed by atoms with E-state index in [2.05, 4.69) is 24.1 Å². The van der Waals surface area contributed by atoms with Gasteiger partial charge in [0, 0.05) is 18.5 Å². The maximum Gasteiger partial charge on any atom is 0.261 e. The van der Waals surface area contributed by atoms with E-state index in [1.54, 1.807) is 29.9 Å². The third-order valence-electron chi connectivity index (χ3n) is 5.51. The maximum absolute atomic E-state index is 13.0. The van der Waals surface area contributed by atoms with Crippen LogP contribution in [0.3, 0.4) is 0 Å². The lowest BCUT2D eigenvalue weighted by atomic mass is 9.95. The van der Waals surface area contributed by atoms with Crippen LogP contribution < -0.4 is 15.6 Å². The van der Waals surface area contributed by atoms with Crippen LogP contribution in [0.2, 0.25) is 0 Å². The lowest BCUT2D eigenvalue weighted by Gasteiger charge is -2.23. The van der Waals surface area contributed by atoms with Gasteiger partial charge in [0.05, 0.1) is 24.1 Å². The molecule has 1 aliphatic rings.